The molecule has 1 amide bonds. The third-order valence-electron chi connectivity index (χ3n) is 6.84. The molecule has 2 fully saturated rings. The van der Waals surface area contributed by atoms with E-state index in [-0.39, 0.29) is 31.5 Å². The lowest BCUT2D eigenvalue weighted by Crippen LogP contribution is -2.50. The highest BCUT2D eigenvalue weighted by Crippen LogP contribution is 2.46. The van der Waals surface area contributed by atoms with E-state index in [2.05, 4.69) is 5.32 Å². The molecule has 1 N–H and O–H groups in total. The average Bonchev–Trinajstić information content (AvgIpc) is 2.93. The Morgan fingerprint density at radius 2 is 1.61 bits per heavy atom. The zero-order valence-corrected chi connectivity index (χ0v) is 18.0. The Bertz CT molecular complexity index is 1040. The van der Waals surface area contributed by atoms with Gasteiger partial charge < -0.3 is 5.32 Å². The summed E-state index contributed by atoms with van der Waals surface area (Å²) in [4.78, 5) is 26.4. The Hall–Kier alpha value is -2.34. The fourth-order valence-corrected chi connectivity index (χ4v) is 5.21. The molecule has 31 heavy (non-hydrogen) atoms. The largest absolute Gasteiger partial charge is 0.391 e. The van der Waals surface area contributed by atoms with Gasteiger partial charge in [-0.05, 0) is 79.5 Å². The molecule has 1 saturated carbocycles. The predicted octanol–water partition coefficient (Wildman–Crippen LogP) is 5.90. The number of hydrogen-bond donors (Lipinski definition) is 1. The van der Waals surface area contributed by atoms with Crippen molar-refractivity contribution in [1.82, 2.24) is 5.32 Å². The van der Waals surface area contributed by atoms with Gasteiger partial charge in [0.2, 0.25) is 5.91 Å². The van der Waals surface area contributed by atoms with Gasteiger partial charge in [-0.15, -0.1) is 0 Å². The van der Waals surface area contributed by atoms with E-state index in [1.165, 1.54) is 0 Å². The number of alkyl halides is 3. The number of Topliss-reactive ketones (excluding diaryl/α,β-unsaturated/α-hetero) is 1. The van der Waals surface area contributed by atoms with Gasteiger partial charge in [-0.1, -0.05) is 35.9 Å². The maximum Gasteiger partial charge on any atom is 0.391 e. The van der Waals surface area contributed by atoms with Gasteiger partial charge in [-0.25, -0.2) is 0 Å². The number of ketones is 1. The van der Waals surface area contributed by atoms with Crippen LogP contribution in [0.25, 0.3) is 11.1 Å². The maximum absolute atomic E-state index is 13.5. The van der Waals surface area contributed by atoms with Gasteiger partial charge >= 0.3 is 6.18 Å². The van der Waals surface area contributed by atoms with E-state index in [0.29, 0.717) is 10.6 Å². The molecule has 1 atom stereocenters. The van der Waals surface area contributed by atoms with Gasteiger partial charge in [0.25, 0.3) is 0 Å². The van der Waals surface area contributed by atoms with Gasteiger partial charge in [0.05, 0.1) is 11.5 Å². The van der Waals surface area contributed by atoms with Crippen LogP contribution in [0.3, 0.4) is 0 Å². The Balaban J connectivity index is 1.69. The van der Waals surface area contributed by atoms with E-state index in [1.54, 1.807) is 12.1 Å². The van der Waals surface area contributed by atoms with Gasteiger partial charge in [-0.2, -0.15) is 13.2 Å². The highest BCUT2D eigenvalue weighted by molar-refractivity contribution is 6.30. The van der Waals surface area contributed by atoms with Crippen molar-refractivity contribution in [3.05, 3.63) is 58.1 Å². The highest BCUT2D eigenvalue weighted by Gasteiger charge is 2.56. The van der Waals surface area contributed by atoms with Crippen molar-refractivity contribution < 1.29 is 22.8 Å². The Kier molecular flexibility index (Phi) is 5.41. The molecule has 7 heteroatoms. The zero-order valence-electron chi connectivity index (χ0n) is 17.3. The molecule has 2 aliphatic rings. The summed E-state index contributed by atoms with van der Waals surface area (Å²) in [6.45, 7) is 3.72. The Morgan fingerprint density at radius 1 is 1.00 bits per heavy atom. The number of carbonyl (C=O) groups is 2. The molecular formula is C24H23ClF3NO2. The van der Waals surface area contributed by atoms with Crippen molar-refractivity contribution in [3.8, 4) is 11.1 Å². The highest BCUT2D eigenvalue weighted by atomic mass is 35.5. The first-order valence-electron chi connectivity index (χ1n) is 10.3. The summed E-state index contributed by atoms with van der Waals surface area (Å²) in [5.74, 6) is -3.15. The van der Waals surface area contributed by atoms with E-state index in [9.17, 15) is 22.8 Å². The van der Waals surface area contributed by atoms with Crippen LogP contribution in [0.2, 0.25) is 5.02 Å². The maximum atomic E-state index is 13.5. The molecule has 1 heterocycles. The summed E-state index contributed by atoms with van der Waals surface area (Å²) in [7, 11) is 0. The fraction of sp³-hybridized carbons (Fsp3) is 0.417. The SMILES string of the molecule is Cc1ccc(-c2ccc(Cl)cc2)c(C)c1C1C(=O)NC2(CCC(C(F)(F)F)CC2)C1=O. The van der Waals surface area contributed by atoms with Crippen molar-refractivity contribution in [2.45, 2.75) is 57.2 Å². The van der Waals surface area contributed by atoms with E-state index in [0.717, 1.165) is 22.3 Å². The Labute approximate surface area is 184 Å². The summed E-state index contributed by atoms with van der Waals surface area (Å²) in [6.07, 6.45) is -4.52. The minimum absolute atomic E-state index is 0.0211. The van der Waals surface area contributed by atoms with Gasteiger partial charge in [0.1, 0.15) is 5.92 Å². The monoisotopic (exact) mass is 449 g/mol. The van der Waals surface area contributed by atoms with E-state index < -0.39 is 29.5 Å². The lowest BCUT2D eigenvalue weighted by Gasteiger charge is -2.36. The standard InChI is InChI=1S/C24H23ClF3NO2/c1-13-3-8-18(15-4-6-17(25)7-5-15)14(2)19(13)20-21(30)23(29-22(20)31)11-9-16(10-12-23)24(26,27)28/h3-8,16,20H,9-12H2,1-2H3,(H,29,31). The number of halogens is 4. The number of benzene rings is 2. The van der Waals surface area contributed by atoms with Crippen LogP contribution in [-0.4, -0.2) is 23.4 Å². The second-order valence-corrected chi connectivity index (χ2v) is 9.10. The smallest absolute Gasteiger partial charge is 0.343 e. The van der Waals surface area contributed by atoms with Crippen LogP contribution in [0.5, 0.6) is 0 Å². The average molecular weight is 450 g/mol. The number of hydrogen-bond acceptors (Lipinski definition) is 2. The molecule has 1 saturated heterocycles. The van der Waals surface area contributed by atoms with E-state index in [4.69, 9.17) is 11.6 Å². The molecule has 4 rings (SSSR count). The lowest BCUT2D eigenvalue weighted by atomic mass is 9.72. The topological polar surface area (TPSA) is 46.2 Å². The van der Waals surface area contributed by atoms with Crippen molar-refractivity contribution in [3.63, 3.8) is 0 Å². The molecule has 3 nitrogen and oxygen atoms in total. The third-order valence-corrected chi connectivity index (χ3v) is 7.09. The molecule has 0 bridgehead atoms. The molecule has 164 valence electrons. The van der Waals surface area contributed by atoms with Crippen LogP contribution in [0, 0.1) is 19.8 Å². The summed E-state index contributed by atoms with van der Waals surface area (Å²) >= 11 is 5.99. The van der Waals surface area contributed by atoms with Crippen molar-refractivity contribution in [2.75, 3.05) is 0 Å². The molecule has 2 aromatic rings. The molecule has 1 aliphatic carbocycles. The van der Waals surface area contributed by atoms with Crippen molar-refractivity contribution in [2.24, 2.45) is 5.92 Å². The second kappa shape index (κ2) is 7.66. The van der Waals surface area contributed by atoms with Gasteiger partial charge in [0, 0.05) is 5.02 Å². The van der Waals surface area contributed by atoms with Crippen LogP contribution in [0.1, 0.15) is 48.3 Å². The first-order chi connectivity index (χ1) is 14.5. The van der Waals surface area contributed by atoms with Crippen LogP contribution in [0.15, 0.2) is 36.4 Å². The minimum atomic E-state index is -4.27. The van der Waals surface area contributed by atoms with Gasteiger partial charge in [0.15, 0.2) is 5.78 Å². The summed E-state index contributed by atoms with van der Waals surface area (Å²) in [5.41, 5.74) is 2.87. The molecule has 1 spiro atoms. The quantitative estimate of drug-likeness (QED) is 0.580. The minimum Gasteiger partial charge on any atom is -0.343 e. The Morgan fingerprint density at radius 3 is 2.19 bits per heavy atom. The fourth-order valence-electron chi connectivity index (χ4n) is 5.09. The first kappa shape index (κ1) is 21.9. The first-order valence-corrected chi connectivity index (χ1v) is 10.7. The summed E-state index contributed by atoms with van der Waals surface area (Å²) in [5, 5.41) is 3.39. The number of rotatable bonds is 2. The van der Waals surface area contributed by atoms with Gasteiger partial charge in [-0.3, -0.25) is 9.59 Å². The van der Waals surface area contributed by atoms with Crippen molar-refractivity contribution in [1.29, 1.82) is 0 Å². The van der Waals surface area contributed by atoms with E-state index in [1.807, 2.05) is 38.1 Å². The number of amides is 1. The molecular weight excluding hydrogens is 427 g/mol. The summed E-state index contributed by atoms with van der Waals surface area (Å²) in [6, 6.07) is 11.1. The van der Waals surface area contributed by atoms with Crippen LogP contribution in [-0.2, 0) is 9.59 Å². The van der Waals surface area contributed by atoms with Crippen LogP contribution >= 0.6 is 11.6 Å². The lowest BCUT2D eigenvalue weighted by molar-refractivity contribution is -0.185. The van der Waals surface area contributed by atoms with Crippen LogP contribution in [0.4, 0.5) is 13.2 Å². The molecule has 0 aromatic heterocycles. The van der Waals surface area contributed by atoms with Crippen LogP contribution < -0.4 is 5.32 Å². The summed E-state index contributed by atoms with van der Waals surface area (Å²) < 4.78 is 39.3. The number of carbonyl (C=O) groups excluding carboxylic acids is 2. The number of aryl methyl sites for hydroxylation is 1. The third kappa shape index (κ3) is 3.75. The molecule has 1 unspecified atom stereocenters. The predicted molar refractivity (Wildman–Crippen MR) is 113 cm³/mol. The molecule has 1 aliphatic heterocycles. The molecule has 2 aromatic carbocycles. The second-order valence-electron chi connectivity index (χ2n) is 8.66. The number of nitrogens with one attached hydrogen (secondary N) is 1. The van der Waals surface area contributed by atoms with Crippen molar-refractivity contribution >= 4 is 23.3 Å². The zero-order chi connectivity index (χ0) is 22.6. The molecule has 0 radical (unpaired) electrons. The van der Waals surface area contributed by atoms with E-state index >= 15 is 0 Å². The normalized spacial score (nSPS) is 26.4.